The maximum Gasteiger partial charge on any atom is 0.406 e. The molecule has 33 heavy (non-hydrogen) atoms. The van der Waals surface area contributed by atoms with Crippen molar-refractivity contribution in [2.45, 2.75) is 12.6 Å². The van der Waals surface area contributed by atoms with Gasteiger partial charge in [-0.1, -0.05) is 12.1 Å². The molecule has 0 aliphatic carbocycles. The van der Waals surface area contributed by atoms with Crippen LogP contribution in [0.1, 0.15) is 21.5 Å². The zero-order valence-electron chi connectivity index (χ0n) is 17.6. The lowest BCUT2D eigenvalue weighted by molar-refractivity contribution is -0.141. The summed E-state index contributed by atoms with van der Waals surface area (Å²) < 4.78 is 44.0. The van der Waals surface area contributed by atoms with Crippen LogP contribution in [0.5, 0.6) is 5.75 Å². The third-order valence-electron chi connectivity index (χ3n) is 5.48. The number of rotatable bonds is 4. The van der Waals surface area contributed by atoms with Gasteiger partial charge in [-0.25, -0.2) is 4.98 Å². The van der Waals surface area contributed by atoms with Crippen molar-refractivity contribution >= 4 is 11.7 Å². The Morgan fingerprint density at radius 3 is 2.67 bits per heavy atom. The summed E-state index contributed by atoms with van der Waals surface area (Å²) >= 11 is 0. The largest absolute Gasteiger partial charge is 0.496 e. The van der Waals surface area contributed by atoms with Crippen molar-refractivity contribution in [1.29, 1.82) is 5.26 Å². The second-order valence-electron chi connectivity index (χ2n) is 7.65. The highest BCUT2D eigenvalue weighted by Crippen LogP contribution is 2.37. The first-order valence-corrected chi connectivity index (χ1v) is 10.0. The molecule has 2 aromatic carbocycles. The van der Waals surface area contributed by atoms with Crippen molar-refractivity contribution in [1.82, 2.24) is 9.88 Å². The van der Waals surface area contributed by atoms with Gasteiger partial charge in [0.1, 0.15) is 18.1 Å². The fourth-order valence-corrected chi connectivity index (χ4v) is 3.94. The molecule has 1 aromatic heterocycles. The standard InChI is InChI=1S/C24H19F3N4O2/c1-33-20-10-17(8-16-5-6-31(13-24(25,26)27)23(32)21(16)20)19-9-18(12-30-22(19)29)15-4-2-3-14(7-15)11-28/h2-4,7-10,12H,5-6,13H2,1H3,(H2,29,30). The molecule has 0 saturated heterocycles. The number of amides is 1. The molecule has 168 valence electrons. The number of benzene rings is 2. The van der Waals surface area contributed by atoms with Crippen molar-refractivity contribution in [2.24, 2.45) is 0 Å². The van der Waals surface area contributed by atoms with Gasteiger partial charge in [0.05, 0.1) is 24.3 Å². The predicted octanol–water partition coefficient (Wildman–Crippen LogP) is 4.44. The second-order valence-corrected chi connectivity index (χ2v) is 7.65. The highest BCUT2D eigenvalue weighted by Gasteiger charge is 2.37. The van der Waals surface area contributed by atoms with Gasteiger partial charge >= 0.3 is 6.18 Å². The molecule has 2 N–H and O–H groups in total. The molecular formula is C24H19F3N4O2. The van der Waals surface area contributed by atoms with Crippen LogP contribution in [-0.4, -0.2) is 42.2 Å². The van der Waals surface area contributed by atoms with E-state index in [1.54, 1.807) is 36.5 Å². The van der Waals surface area contributed by atoms with Gasteiger partial charge in [0, 0.05) is 23.9 Å². The highest BCUT2D eigenvalue weighted by atomic mass is 19.4. The van der Waals surface area contributed by atoms with Gasteiger partial charge in [0.15, 0.2) is 0 Å². The summed E-state index contributed by atoms with van der Waals surface area (Å²) in [5.41, 5.74) is 10.1. The van der Waals surface area contributed by atoms with E-state index in [-0.39, 0.29) is 30.1 Å². The van der Waals surface area contributed by atoms with Crippen molar-refractivity contribution < 1.29 is 22.7 Å². The minimum atomic E-state index is -4.48. The number of aromatic nitrogens is 1. The lowest BCUT2D eigenvalue weighted by Gasteiger charge is -2.30. The summed E-state index contributed by atoms with van der Waals surface area (Å²) in [5, 5.41) is 9.17. The first-order valence-electron chi connectivity index (χ1n) is 10.0. The molecule has 4 rings (SSSR count). The number of alkyl halides is 3. The Morgan fingerprint density at radius 1 is 1.18 bits per heavy atom. The highest BCUT2D eigenvalue weighted by molar-refractivity contribution is 6.00. The van der Waals surface area contributed by atoms with E-state index in [0.29, 0.717) is 22.3 Å². The van der Waals surface area contributed by atoms with Gasteiger partial charge < -0.3 is 15.4 Å². The molecular weight excluding hydrogens is 433 g/mol. The molecule has 0 unspecified atom stereocenters. The molecule has 0 fully saturated rings. The third kappa shape index (κ3) is 4.46. The lowest BCUT2D eigenvalue weighted by Crippen LogP contribution is -2.43. The molecule has 0 saturated carbocycles. The van der Waals surface area contributed by atoms with Crippen molar-refractivity contribution in [3.05, 3.63) is 65.4 Å². The Kier molecular flexibility index (Phi) is 5.68. The lowest BCUT2D eigenvalue weighted by atomic mass is 9.92. The Hall–Kier alpha value is -4.06. The number of carbonyl (C=O) groups is 1. The Bertz CT molecular complexity index is 1260. The second kappa shape index (κ2) is 8.47. The summed E-state index contributed by atoms with van der Waals surface area (Å²) in [6, 6.07) is 14.3. The van der Waals surface area contributed by atoms with Gasteiger partial charge in [-0.05, 0) is 53.4 Å². The predicted molar refractivity (Wildman–Crippen MR) is 116 cm³/mol. The number of carbonyl (C=O) groups excluding carboxylic acids is 1. The minimum absolute atomic E-state index is 0.0489. The van der Waals surface area contributed by atoms with Crippen LogP contribution < -0.4 is 10.5 Å². The van der Waals surface area contributed by atoms with Crippen LogP contribution in [-0.2, 0) is 6.42 Å². The van der Waals surface area contributed by atoms with E-state index in [1.807, 2.05) is 12.1 Å². The van der Waals surface area contributed by atoms with E-state index in [9.17, 15) is 18.0 Å². The first-order chi connectivity index (χ1) is 15.7. The maximum absolute atomic E-state index is 12.9. The van der Waals surface area contributed by atoms with Gasteiger partial charge in [-0.15, -0.1) is 0 Å². The normalized spacial score (nSPS) is 13.4. The van der Waals surface area contributed by atoms with Gasteiger partial charge in [0.2, 0.25) is 0 Å². The SMILES string of the molecule is COc1cc(-c2cc(-c3cccc(C#N)c3)cnc2N)cc2c1C(=O)N(CC(F)(F)F)CC2. The van der Waals surface area contributed by atoms with Crippen molar-refractivity contribution in [2.75, 3.05) is 25.9 Å². The van der Waals surface area contributed by atoms with Crippen molar-refractivity contribution in [3.63, 3.8) is 0 Å². The molecule has 0 bridgehead atoms. The summed E-state index contributed by atoms with van der Waals surface area (Å²) in [6.07, 6.45) is -2.63. The zero-order valence-corrected chi connectivity index (χ0v) is 17.6. The topological polar surface area (TPSA) is 92.2 Å². The molecule has 2 heterocycles. The fourth-order valence-electron chi connectivity index (χ4n) is 3.94. The molecule has 0 radical (unpaired) electrons. The number of nitrogens with zero attached hydrogens (tertiary/aromatic N) is 3. The number of pyridine rings is 1. The summed E-state index contributed by atoms with van der Waals surface area (Å²) in [4.78, 5) is 17.8. The van der Waals surface area contributed by atoms with Gasteiger partial charge in [-0.2, -0.15) is 18.4 Å². The quantitative estimate of drug-likeness (QED) is 0.632. The van der Waals surface area contributed by atoms with Crippen molar-refractivity contribution in [3.8, 4) is 34.1 Å². The van der Waals surface area contributed by atoms with Crippen LogP contribution in [0.25, 0.3) is 22.3 Å². The Labute approximate surface area is 188 Å². The molecule has 9 heteroatoms. The average Bonchev–Trinajstić information content (AvgIpc) is 2.79. The summed E-state index contributed by atoms with van der Waals surface area (Å²) in [6.45, 7) is -1.36. The van der Waals surface area contributed by atoms with E-state index in [1.165, 1.54) is 7.11 Å². The molecule has 1 aliphatic rings. The van der Waals surface area contributed by atoms with Crippen LogP contribution in [0, 0.1) is 11.3 Å². The smallest absolute Gasteiger partial charge is 0.406 e. The number of hydrogen-bond donors (Lipinski definition) is 1. The van der Waals surface area contributed by atoms with Crippen LogP contribution >= 0.6 is 0 Å². The minimum Gasteiger partial charge on any atom is -0.496 e. The third-order valence-corrected chi connectivity index (χ3v) is 5.48. The van der Waals surface area contributed by atoms with E-state index in [4.69, 9.17) is 15.7 Å². The summed E-state index contributed by atoms with van der Waals surface area (Å²) in [7, 11) is 1.36. The number of nitrogen functional groups attached to an aromatic ring is 1. The number of nitrogens with two attached hydrogens (primary N) is 1. The molecule has 0 spiro atoms. The number of nitriles is 1. The van der Waals surface area contributed by atoms with Crippen LogP contribution in [0.15, 0.2) is 48.7 Å². The number of hydrogen-bond acceptors (Lipinski definition) is 5. The van der Waals surface area contributed by atoms with E-state index >= 15 is 0 Å². The molecule has 1 aliphatic heterocycles. The van der Waals surface area contributed by atoms with E-state index in [0.717, 1.165) is 16.0 Å². The van der Waals surface area contributed by atoms with Crippen LogP contribution in [0.2, 0.25) is 0 Å². The number of ether oxygens (including phenoxy) is 1. The summed E-state index contributed by atoms with van der Waals surface area (Å²) in [5.74, 6) is -0.293. The Balaban J connectivity index is 1.77. The fraction of sp³-hybridized carbons (Fsp3) is 0.208. The van der Waals surface area contributed by atoms with Crippen LogP contribution in [0.3, 0.4) is 0 Å². The van der Waals surface area contributed by atoms with Gasteiger partial charge in [-0.3, -0.25) is 4.79 Å². The van der Waals surface area contributed by atoms with E-state index in [2.05, 4.69) is 11.1 Å². The number of anilines is 1. The average molecular weight is 452 g/mol. The molecule has 0 atom stereocenters. The number of fused-ring (bicyclic) bond motifs is 1. The van der Waals surface area contributed by atoms with E-state index < -0.39 is 18.6 Å². The first kappa shape index (κ1) is 22.1. The monoisotopic (exact) mass is 452 g/mol. The van der Waals surface area contributed by atoms with Gasteiger partial charge in [0.25, 0.3) is 5.91 Å². The molecule has 6 nitrogen and oxygen atoms in total. The van der Waals surface area contributed by atoms with Crippen LogP contribution in [0.4, 0.5) is 19.0 Å². The number of halogens is 3. The Morgan fingerprint density at radius 2 is 1.97 bits per heavy atom. The molecule has 3 aromatic rings. The molecule has 1 amide bonds. The maximum atomic E-state index is 12.9. The number of methoxy groups -OCH3 is 1. The zero-order chi connectivity index (χ0) is 23.8.